The highest BCUT2D eigenvalue weighted by molar-refractivity contribution is 5.76. The van der Waals surface area contributed by atoms with Gasteiger partial charge < -0.3 is 10.2 Å². The Balaban J connectivity index is 1.85. The fraction of sp³-hybridized carbons (Fsp3) is 0.357. The minimum Gasteiger partial charge on any atom is -0.370 e. The van der Waals surface area contributed by atoms with Crippen LogP contribution in [0.2, 0.25) is 0 Å². The summed E-state index contributed by atoms with van der Waals surface area (Å²) in [4.78, 5) is 13.8. The first-order chi connectivity index (χ1) is 8.31. The van der Waals surface area contributed by atoms with E-state index in [1.165, 1.54) is 11.3 Å². The lowest BCUT2D eigenvalue weighted by molar-refractivity contribution is -0.120. The van der Waals surface area contributed by atoms with Crippen LogP contribution in [0.4, 0.5) is 5.69 Å². The molecule has 0 radical (unpaired) electrons. The van der Waals surface area contributed by atoms with Crippen LogP contribution in [0.3, 0.4) is 0 Å². The van der Waals surface area contributed by atoms with E-state index < -0.39 is 0 Å². The van der Waals surface area contributed by atoms with Crippen molar-refractivity contribution in [1.29, 1.82) is 0 Å². The topological polar surface area (TPSA) is 32.3 Å². The number of rotatable bonds is 5. The van der Waals surface area contributed by atoms with E-state index in [1.807, 2.05) is 0 Å². The molecular weight excluding hydrogens is 212 g/mol. The van der Waals surface area contributed by atoms with Gasteiger partial charge in [0.15, 0.2) is 0 Å². The van der Waals surface area contributed by atoms with Crippen LogP contribution in [0.1, 0.15) is 12.0 Å². The van der Waals surface area contributed by atoms with E-state index in [2.05, 4.69) is 41.1 Å². The molecule has 1 aliphatic heterocycles. The summed E-state index contributed by atoms with van der Waals surface area (Å²) in [5.74, 6) is 0.0919. The fourth-order valence-electron chi connectivity index (χ4n) is 2.15. The van der Waals surface area contributed by atoms with Gasteiger partial charge in [0.05, 0.1) is 0 Å². The van der Waals surface area contributed by atoms with E-state index in [-0.39, 0.29) is 5.91 Å². The minimum absolute atomic E-state index is 0.0919. The number of hydrogen-bond acceptors (Lipinski definition) is 2. The summed E-state index contributed by atoms with van der Waals surface area (Å²) in [6, 6.07) is 8.41. The van der Waals surface area contributed by atoms with Crippen LogP contribution in [0.15, 0.2) is 36.9 Å². The maximum Gasteiger partial charge on any atom is 0.222 e. The number of fused-ring (bicyclic) bond motifs is 1. The molecule has 0 atom stereocenters. The van der Waals surface area contributed by atoms with Gasteiger partial charge in [0, 0.05) is 31.7 Å². The highest BCUT2D eigenvalue weighted by Gasteiger charge is 2.18. The molecule has 17 heavy (non-hydrogen) atoms. The summed E-state index contributed by atoms with van der Waals surface area (Å²) in [6.07, 6.45) is 3.33. The molecule has 1 amide bonds. The van der Waals surface area contributed by atoms with Crippen LogP contribution in [0.5, 0.6) is 0 Å². The first kappa shape index (κ1) is 11.7. The molecule has 0 bridgehead atoms. The van der Waals surface area contributed by atoms with Gasteiger partial charge in [-0.05, 0) is 18.1 Å². The Labute approximate surface area is 102 Å². The molecular formula is C14H18N2O. The number of anilines is 1. The van der Waals surface area contributed by atoms with Crippen molar-refractivity contribution < 1.29 is 4.79 Å². The molecule has 0 unspecified atom stereocenters. The number of carbonyl (C=O) groups is 1. The van der Waals surface area contributed by atoms with Crippen LogP contribution in [0, 0.1) is 0 Å². The average molecular weight is 230 g/mol. The van der Waals surface area contributed by atoms with Crippen molar-refractivity contribution in [2.75, 3.05) is 24.5 Å². The number of hydrogen-bond donors (Lipinski definition) is 1. The molecule has 0 fully saturated rings. The zero-order valence-corrected chi connectivity index (χ0v) is 9.98. The van der Waals surface area contributed by atoms with Crippen molar-refractivity contribution in [2.24, 2.45) is 0 Å². The second kappa shape index (κ2) is 5.53. The Hall–Kier alpha value is -1.77. The van der Waals surface area contributed by atoms with E-state index in [0.717, 1.165) is 19.5 Å². The number of nitrogens with one attached hydrogen (secondary N) is 1. The van der Waals surface area contributed by atoms with E-state index in [0.29, 0.717) is 13.0 Å². The summed E-state index contributed by atoms with van der Waals surface area (Å²) in [5, 5.41) is 2.80. The molecule has 2 rings (SSSR count). The number of carbonyl (C=O) groups excluding carboxylic acids is 1. The van der Waals surface area contributed by atoms with Crippen molar-refractivity contribution in [1.82, 2.24) is 5.32 Å². The smallest absolute Gasteiger partial charge is 0.222 e. The van der Waals surface area contributed by atoms with E-state index in [4.69, 9.17) is 0 Å². The Bertz CT molecular complexity index is 414. The molecule has 1 heterocycles. The average Bonchev–Trinajstić information content (AvgIpc) is 2.77. The Kier molecular flexibility index (Phi) is 3.81. The number of nitrogens with zero attached hydrogens (tertiary/aromatic N) is 1. The lowest BCUT2D eigenvalue weighted by atomic mass is 10.2. The molecule has 1 N–H and O–H groups in total. The monoisotopic (exact) mass is 230 g/mol. The number of para-hydroxylation sites is 1. The summed E-state index contributed by atoms with van der Waals surface area (Å²) < 4.78 is 0. The Morgan fingerprint density at radius 3 is 3.12 bits per heavy atom. The highest BCUT2D eigenvalue weighted by Crippen LogP contribution is 2.27. The van der Waals surface area contributed by atoms with Crippen LogP contribution in [0.25, 0.3) is 0 Å². The van der Waals surface area contributed by atoms with Gasteiger partial charge in [-0.25, -0.2) is 0 Å². The van der Waals surface area contributed by atoms with Crippen LogP contribution >= 0.6 is 0 Å². The van der Waals surface area contributed by atoms with Crippen molar-refractivity contribution >= 4 is 11.6 Å². The van der Waals surface area contributed by atoms with E-state index >= 15 is 0 Å². The van der Waals surface area contributed by atoms with Gasteiger partial charge in [0.1, 0.15) is 0 Å². The molecule has 1 aliphatic rings. The van der Waals surface area contributed by atoms with Gasteiger partial charge in [0.25, 0.3) is 0 Å². The SMILES string of the molecule is C=CCNC(=O)CCN1CCc2ccccc21. The maximum absolute atomic E-state index is 11.5. The fourth-order valence-corrected chi connectivity index (χ4v) is 2.15. The van der Waals surface area contributed by atoms with Crippen LogP contribution in [-0.2, 0) is 11.2 Å². The molecule has 1 aromatic carbocycles. The largest absolute Gasteiger partial charge is 0.370 e. The second-order valence-corrected chi connectivity index (χ2v) is 4.21. The molecule has 0 saturated carbocycles. The van der Waals surface area contributed by atoms with Gasteiger partial charge in [-0.2, -0.15) is 0 Å². The summed E-state index contributed by atoms with van der Waals surface area (Å²) >= 11 is 0. The van der Waals surface area contributed by atoms with Gasteiger partial charge in [0.2, 0.25) is 5.91 Å². The normalized spacial score (nSPS) is 13.3. The molecule has 0 aromatic heterocycles. The quantitative estimate of drug-likeness (QED) is 0.781. The second-order valence-electron chi connectivity index (χ2n) is 4.21. The van der Waals surface area contributed by atoms with E-state index in [9.17, 15) is 4.79 Å². The lowest BCUT2D eigenvalue weighted by Crippen LogP contribution is -2.29. The number of amides is 1. The third-order valence-electron chi connectivity index (χ3n) is 3.04. The highest BCUT2D eigenvalue weighted by atomic mass is 16.1. The molecule has 0 spiro atoms. The van der Waals surface area contributed by atoms with Crippen molar-refractivity contribution in [3.05, 3.63) is 42.5 Å². The van der Waals surface area contributed by atoms with E-state index in [1.54, 1.807) is 6.08 Å². The first-order valence-electron chi connectivity index (χ1n) is 6.01. The van der Waals surface area contributed by atoms with Crippen molar-refractivity contribution in [3.63, 3.8) is 0 Å². The molecule has 1 aromatic rings. The molecule has 90 valence electrons. The van der Waals surface area contributed by atoms with Crippen LogP contribution < -0.4 is 10.2 Å². The summed E-state index contributed by atoms with van der Waals surface area (Å²) in [6.45, 7) is 5.94. The predicted octanol–water partition coefficient (Wildman–Crippen LogP) is 1.74. The molecule has 0 saturated heterocycles. The predicted molar refractivity (Wildman–Crippen MR) is 70.2 cm³/mol. The number of benzene rings is 1. The standard InChI is InChI=1S/C14H18N2O/c1-2-9-15-14(17)8-11-16-10-7-12-5-3-4-6-13(12)16/h2-6H,1,7-11H2,(H,15,17). The molecule has 0 aliphatic carbocycles. The van der Waals surface area contributed by atoms with Gasteiger partial charge in [-0.3, -0.25) is 4.79 Å². The molecule has 3 heteroatoms. The van der Waals surface area contributed by atoms with Gasteiger partial charge >= 0.3 is 0 Å². The zero-order valence-electron chi connectivity index (χ0n) is 9.98. The van der Waals surface area contributed by atoms with Gasteiger partial charge in [-0.1, -0.05) is 24.3 Å². The van der Waals surface area contributed by atoms with Crippen molar-refractivity contribution in [3.8, 4) is 0 Å². The van der Waals surface area contributed by atoms with Gasteiger partial charge in [-0.15, -0.1) is 6.58 Å². The minimum atomic E-state index is 0.0919. The summed E-state index contributed by atoms with van der Waals surface area (Å²) in [7, 11) is 0. The Morgan fingerprint density at radius 1 is 1.47 bits per heavy atom. The third-order valence-corrected chi connectivity index (χ3v) is 3.04. The Morgan fingerprint density at radius 2 is 2.29 bits per heavy atom. The zero-order chi connectivity index (χ0) is 12.1. The third kappa shape index (κ3) is 2.87. The van der Waals surface area contributed by atoms with Crippen LogP contribution in [-0.4, -0.2) is 25.5 Å². The maximum atomic E-state index is 11.5. The summed E-state index contributed by atoms with van der Waals surface area (Å²) in [5.41, 5.74) is 2.67. The molecule has 3 nitrogen and oxygen atoms in total. The van der Waals surface area contributed by atoms with Crippen molar-refractivity contribution in [2.45, 2.75) is 12.8 Å². The first-order valence-corrected chi connectivity index (χ1v) is 6.01. The lowest BCUT2D eigenvalue weighted by Gasteiger charge is -2.18.